The monoisotopic (exact) mass is 459 g/mol. The van der Waals surface area contributed by atoms with Crippen LogP contribution in [0.5, 0.6) is 0 Å². The molecule has 0 saturated carbocycles. The Hall–Kier alpha value is -4.62. The third-order valence-electron chi connectivity index (χ3n) is 7.22. The second kappa shape index (κ2) is 8.25. The summed E-state index contributed by atoms with van der Waals surface area (Å²) in [4.78, 5) is 0. The van der Waals surface area contributed by atoms with Gasteiger partial charge < -0.3 is 4.57 Å². The first kappa shape index (κ1) is 20.7. The van der Waals surface area contributed by atoms with Gasteiger partial charge in [-0.2, -0.15) is 0 Å². The Balaban J connectivity index is 1.50. The average Bonchev–Trinajstić information content (AvgIpc) is 3.28. The Kier molecular flexibility index (Phi) is 4.75. The molecule has 6 aromatic carbocycles. The predicted octanol–water partition coefficient (Wildman–Crippen LogP) is 9.58. The summed E-state index contributed by atoms with van der Waals surface area (Å²) in [5, 5.41) is 5.15. The standard InChI is InChI=1S/C35H25N/c1-24-9-7-11-26(21-24)27-12-8-13-28(22-27)29-18-19-33-32(23-29)35-31-16-6-5-10-25(31)17-20-34(35)36(33)30-14-3-2-4-15-30/h2-23H,1H3. The van der Waals surface area contributed by atoms with Crippen LogP contribution in [-0.4, -0.2) is 4.57 Å². The van der Waals surface area contributed by atoms with E-state index >= 15 is 0 Å². The molecule has 0 unspecified atom stereocenters. The lowest BCUT2D eigenvalue weighted by Gasteiger charge is -2.09. The van der Waals surface area contributed by atoms with Crippen LogP contribution in [-0.2, 0) is 0 Å². The van der Waals surface area contributed by atoms with Crippen molar-refractivity contribution in [2.24, 2.45) is 0 Å². The minimum absolute atomic E-state index is 1.18. The number of nitrogens with zero attached hydrogens (tertiary/aromatic N) is 1. The van der Waals surface area contributed by atoms with Crippen LogP contribution in [0.15, 0.2) is 133 Å². The highest BCUT2D eigenvalue weighted by Crippen LogP contribution is 2.39. The fourth-order valence-electron chi connectivity index (χ4n) is 5.53. The Morgan fingerprint density at radius 1 is 0.444 bits per heavy atom. The van der Waals surface area contributed by atoms with E-state index < -0.39 is 0 Å². The molecule has 36 heavy (non-hydrogen) atoms. The van der Waals surface area contributed by atoms with E-state index in [0.29, 0.717) is 0 Å². The number of benzene rings is 6. The zero-order valence-corrected chi connectivity index (χ0v) is 20.1. The van der Waals surface area contributed by atoms with E-state index in [-0.39, 0.29) is 0 Å². The van der Waals surface area contributed by atoms with Crippen LogP contribution in [0.1, 0.15) is 5.56 Å². The summed E-state index contributed by atoms with van der Waals surface area (Å²) in [5.74, 6) is 0. The van der Waals surface area contributed by atoms with Crippen molar-refractivity contribution in [2.75, 3.05) is 0 Å². The molecule has 0 aliphatic carbocycles. The number of hydrogen-bond acceptors (Lipinski definition) is 0. The van der Waals surface area contributed by atoms with Gasteiger partial charge in [-0.25, -0.2) is 0 Å². The third kappa shape index (κ3) is 3.32. The lowest BCUT2D eigenvalue weighted by molar-refractivity contribution is 1.18. The van der Waals surface area contributed by atoms with Crippen LogP contribution in [0.25, 0.3) is 60.5 Å². The molecule has 0 amide bonds. The SMILES string of the molecule is Cc1cccc(-c2cccc(-c3ccc4c(c3)c3c5ccccc5ccc3n4-c3ccccc3)c2)c1. The predicted molar refractivity (Wildman–Crippen MR) is 154 cm³/mol. The average molecular weight is 460 g/mol. The van der Waals surface area contributed by atoms with Gasteiger partial charge in [0.15, 0.2) is 0 Å². The van der Waals surface area contributed by atoms with Crippen LogP contribution in [0, 0.1) is 6.92 Å². The molecule has 170 valence electrons. The summed E-state index contributed by atoms with van der Waals surface area (Å²) < 4.78 is 2.39. The van der Waals surface area contributed by atoms with Crippen molar-refractivity contribution in [3.05, 3.63) is 139 Å². The van der Waals surface area contributed by atoms with E-state index in [2.05, 4.69) is 145 Å². The van der Waals surface area contributed by atoms with E-state index in [4.69, 9.17) is 0 Å². The van der Waals surface area contributed by atoms with Gasteiger partial charge in [0, 0.05) is 16.5 Å². The van der Waals surface area contributed by atoms with Gasteiger partial charge in [0.1, 0.15) is 0 Å². The Morgan fingerprint density at radius 3 is 1.92 bits per heavy atom. The molecule has 0 saturated heterocycles. The zero-order chi connectivity index (χ0) is 24.1. The molecule has 0 bridgehead atoms. The summed E-state index contributed by atoms with van der Waals surface area (Å²) in [6.07, 6.45) is 0. The molecular weight excluding hydrogens is 434 g/mol. The summed E-state index contributed by atoms with van der Waals surface area (Å²) in [6.45, 7) is 2.15. The lowest BCUT2D eigenvalue weighted by atomic mass is 9.96. The zero-order valence-electron chi connectivity index (χ0n) is 20.1. The molecule has 0 N–H and O–H groups in total. The van der Waals surface area contributed by atoms with Crippen molar-refractivity contribution in [3.63, 3.8) is 0 Å². The minimum Gasteiger partial charge on any atom is -0.309 e. The van der Waals surface area contributed by atoms with Gasteiger partial charge in [-0.1, -0.05) is 103 Å². The fourth-order valence-corrected chi connectivity index (χ4v) is 5.53. The Labute approximate surface area is 210 Å². The van der Waals surface area contributed by atoms with E-state index in [1.807, 2.05) is 0 Å². The summed E-state index contributed by atoms with van der Waals surface area (Å²) in [6, 6.07) is 48.4. The van der Waals surface area contributed by atoms with Crippen molar-refractivity contribution in [3.8, 4) is 27.9 Å². The van der Waals surface area contributed by atoms with Crippen molar-refractivity contribution < 1.29 is 0 Å². The maximum atomic E-state index is 2.39. The number of aromatic nitrogens is 1. The molecule has 0 radical (unpaired) electrons. The van der Waals surface area contributed by atoms with E-state index in [1.54, 1.807) is 0 Å². The molecule has 0 spiro atoms. The molecule has 0 fully saturated rings. The highest BCUT2D eigenvalue weighted by atomic mass is 15.0. The summed E-state index contributed by atoms with van der Waals surface area (Å²) >= 11 is 0. The second-order valence-corrected chi connectivity index (χ2v) is 9.53. The fraction of sp³-hybridized carbons (Fsp3) is 0.0286. The van der Waals surface area contributed by atoms with Gasteiger partial charge in [0.05, 0.1) is 11.0 Å². The van der Waals surface area contributed by atoms with Crippen LogP contribution in [0.4, 0.5) is 0 Å². The van der Waals surface area contributed by atoms with E-state index in [9.17, 15) is 0 Å². The number of fused-ring (bicyclic) bond motifs is 5. The lowest BCUT2D eigenvalue weighted by Crippen LogP contribution is -1.93. The van der Waals surface area contributed by atoms with Crippen LogP contribution in [0.3, 0.4) is 0 Å². The van der Waals surface area contributed by atoms with Crippen molar-refractivity contribution in [1.82, 2.24) is 4.57 Å². The van der Waals surface area contributed by atoms with Crippen molar-refractivity contribution >= 4 is 32.6 Å². The van der Waals surface area contributed by atoms with Crippen LogP contribution in [0.2, 0.25) is 0 Å². The maximum Gasteiger partial charge on any atom is 0.0547 e. The molecular formula is C35H25N. The topological polar surface area (TPSA) is 4.93 Å². The van der Waals surface area contributed by atoms with E-state index in [0.717, 1.165) is 0 Å². The largest absolute Gasteiger partial charge is 0.309 e. The van der Waals surface area contributed by atoms with Crippen molar-refractivity contribution in [1.29, 1.82) is 0 Å². The molecule has 0 aliphatic heterocycles. The molecule has 1 nitrogen and oxygen atoms in total. The number of para-hydroxylation sites is 1. The normalized spacial score (nSPS) is 11.5. The highest BCUT2D eigenvalue weighted by molar-refractivity contribution is 6.21. The quantitative estimate of drug-likeness (QED) is 0.248. The molecule has 0 aliphatic rings. The first-order valence-corrected chi connectivity index (χ1v) is 12.5. The molecule has 1 heteroatoms. The molecule has 7 aromatic rings. The summed E-state index contributed by atoms with van der Waals surface area (Å²) in [5.41, 5.74) is 9.89. The highest BCUT2D eigenvalue weighted by Gasteiger charge is 2.15. The van der Waals surface area contributed by atoms with Crippen LogP contribution < -0.4 is 0 Å². The smallest absolute Gasteiger partial charge is 0.0547 e. The number of hydrogen-bond donors (Lipinski definition) is 0. The van der Waals surface area contributed by atoms with Gasteiger partial charge in [-0.05, 0) is 76.3 Å². The Bertz CT molecular complexity index is 1890. The summed E-state index contributed by atoms with van der Waals surface area (Å²) in [7, 11) is 0. The first-order valence-electron chi connectivity index (χ1n) is 12.5. The first-order chi connectivity index (χ1) is 17.8. The maximum absolute atomic E-state index is 2.39. The van der Waals surface area contributed by atoms with Gasteiger partial charge in [0.25, 0.3) is 0 Å². The number of aryl methyl sites for hydroxylation is 1. The van der Waals surface area contributed by atoms with Crippen LogP contribution >= 0.6 is 0 Å². The molecule has 7 rings (SSSR count). The van der Waals surface area contributed by atoms with Crippen molar-refractivity contribution in [2.45, 2.75) is 6.92 Å². The third-order valence-corrected chi connectivity index (χ3v) is 7.22. The minimum atomic E-state index is 1.18. The van der Waals surface area contributed by atoms with E-state index in [1.165, 1.54) is 66.1 Å². The second-order valence-electron chi connectivity index (χ2n) is 9.53. The Morgan fingerprint density at radius 2 is 1.11 bits per heavy atom. The van der Waals surface area contributed by atoms with Gasteiger partial charge in [-0.15, -0.1) is 0 Å². The van der Waals surface area contributed by atoms with Gasteiger partial charge in [-0.3, -0.25) is 0 Å². The molecule has 1 heterocycles. The molecule has 1 aromatic heterocycles. The van der Waals surface area contributed by atoms with Gasteiger partial charge in [0.2, 0.25) is 0 Å². The number of rotatable bonds is 3. The van der Waals surface area contributed by atoms with Gasteiger partial charge >= 0.3 is 0 Å². The molecule has 0 atom stereocenters.